The zero-order valence-corrected chi connectivity index (χ0v) is 20.0. The molecule has 7 heteroatoms. The number of aryl methyl sites for hydroxylation is 1. The van der Waals surface area contributed by atoms with Crippen LogP contribution in [0, 0.1) is 11.8 Å². The minimum atomic E-state index is 0.465. The summed E-state index contributed by atoms with van der Waals surface area (Å²) in [6.07, 6.45) is 3.60. The molecule has 6 nitrogen and oxygen atoms in total. The minimum absolute atomic E-state index is 0.465. The molecule has 0 saturated carbocycles. The SMILES string of the molecule is CC(C)[C@H](CNc1nc(CN2CCOCC2)nc2sc3c(c12)CC[C@@H](C)C3)N(C)C. The van der Waals surface area contributed by atoms with Crippen LogP contribution in [-0.2, 0) is 24.1 Å². The normalized spacial score (nSPS) is 21.4. The number of aromatic nitrogens is 2. The molecule has 1 fully saturated rings. The first-order valence-corrected chi connectivity index (χ1v) is 12.3. The highest BCUT2D eigenvalue weighted by atomic mass is 32.1. The van der Waals surface area contributed by atoms with E-state index < -0.39 is 0 Å². The molecule has 1 aliphatic carbocycles. The summed E-state index contributed by atoms with van der Waals surface area (Å²) in [6.45, 7) is 12.2. The molecule has 3 heterocycles. The molecular weight excluding hydrogens is 394 g/mol. The van der Waals surface area contributed by atoms with E-state index in [-0.39, 0.29) is 0 Å². The number of hydrogen-bond donors (Lipinski definition) is 1. The smallest absolute Gasteiger partial charge is 0.146 e. The summed E-state index contributed by atoms with van der Waals surface area (Å²) in [5, 5.41) is 5.03. The van der Waals surface area contributed by atoms with Crippen LogP contribution in [0.5, 0.6) is 0 Å². The van der Waals surface area contributed by atoms with Crippen molar-refractivity contribution in [1.82, 2.24) is 19.8 Å². The highest BCUT2D eigenvalue weighted by molar-refractivity contribution is 7.19. The van der Waals surface area contributed by atoms with Crippen LogP contribution in [0.15, 0.2) is 0 Å². The van der Waals surface area contributed by atoms with Crippen LogP contribution < -0.4 is 5.32 Å². The van der Waals surface area contributed by atoms with Crippen LogP contribution in [0.25, 0.3) is 10.2 Å². The van der Waals surface area contributed by atoms with E-state index in [1.54, 1.807) is 0 Å². The molecule has 0 amide bonds. The number of likely N-dealkylation sites (N-methyl/N-ethyl adjacent to an activating group) is 1. The summed E-state index contributed by atoms with van der Waals surface area (Å²) >= 11 is 1.90. The van der Waals surface area contributed by atoms with Gasteiger partial charge in [0.2, 0.25) is 0 Å². The average molecular weight is 432 g/mol. The Morgan fingerprint density at radius 3 is 2.70 bits per heavy atom. The first-order chi connectivity index (χ1) is 14.4. The number of anilines is 1. The standard InChI is InChI=1S/C23H37N5OS/c1-15(2)18(27(4)5)13-24-22-21-17-7-6-16(3)12-19(17)30-23(21)26-20(25-22)14-28-8-10-29-11-9-28/h15-16,18H,6-14H2,1-5H3,(H,24,25,26)/t16-,18+/m1/s1. The fourth-order valence-corrected chi connectivity index (χ4v) is 6.16. The highest BCUT2D eigenvalue weighted by Gasteiger charge is 2.25. The zero-order chi connectivity index (χ0) is 21.3. The Bertz CT molecular complexity index is 851. The van der Waals surface area contributed by atoms with E-state index in [9.17, 15) is 0 Å². The molecule has 30 heavy (non-hydrogen) atoms. The Labute approximate surface area is 185 Å². The van der Waals surface area contributed by atoms with Crippen molar-refractivity contribution in [2.45, 2.75) is 52.6 Å². The van der Waals surface area contributed by atoms with Gasteiger partial charge in [-0.25, -0.2) is 9.97 Å². The number of hydrogen-bond acceptors (Lipinski definition) is 7. The zero-order valence-electron chi connectivity index (χ0n) is 19.2. The van der Waals surface area contributed by atoms with E-state index in [1.807, 2.05) is 11.3 Å². The van der Waals surface area contributed by atoms with Gasteiger partial charge in [-0.05, 0) is 50.8 Å². The van der Waals surface area contributed by atoms with E-state index >= 15 is 0 Å². The Balaban J connectivity index is 1.67. The Hall–Kier alpha value is -1.28. The van der Waals surface area contributed by atoms with Gasteiger partial charge < -0.3 is 15.0 Å². The minimum Gasteiger partial charge on any atom is -0.379 e. The van der Waals surface area contributed by atoms with Crippen LogP contribution >= 0.6 is 11.3 Å². The molecule has 0 radical (unpaired) electrons. The van der Waals surface area contributed by atoms with Crippen LogP contribution in [0.3, 0.4) is 0 Å². The van der Waals surface area contributed by atoms with Gasteiger partial charge >= 0.3 is 0 Å². The summed E-state index contributed by atoms with van der Waals surface area (Å²) < 4.78 is 5.51. The summed E-state index contributed by atoms with van der Waals surface area (Å²) in [5.41, 5.74) is 1.50. The first kappa shape index (κ1) is 21.9. The molecule has 1 N–H and O–H groups in total. The molecule has 166 valence electrons. The van der Waals surface area contributed by atoms with Crippen LogP contribution in [0.1, 0.15) is 43.5 Å². The van der Waals surface area contributed by atoms with Gasteiger partial charge in [-0.15, -0.1) is 11.3 Å². The third-order valence-corrected chi connectivity index (χ3v) is 7.73. The fraction of sp³-hybridized carbons (Fsp3) is 0.739. The fourth-order valence-electron chi connectivity index (χ4n) is 4.76. The summed E-state index contributed by atoms with van der Waals surface area (Å²) in [5.74, 6) is 3.32. The number of ether oxygens (including phenoxy) is 1. The third-order valence-electron chi connectivity index (χ3n) is 6.58. The quantitative estimate of drug-likeness (QED) is 0.722. The second-order valence-corrected chi connectivity index (χ2v) is 10.6. The van der Waals surface area contributed by atoms with Crippen LogP contribution in [0.2, 0.25) is 0 Å². The van der Waals surface area contributed by atoms with Crippen molar-refractivity contribution in [2.24, 2.45) is 11.8 Å². The molecule has 1 saturated heterocycles. The van der Waals surface area contributed by atoms with Crippen molar-refractivity contribution in [2.75, 3.05) is 52.3 Å². The molecule has 0 aromatic carbocycles. The van der Waals surface area contributed by atoms with Gasteiger partial charge in [0.1, 0.15) is 16.5 Å². The van der Waals surface area contributed by atoms with Crippen molar-refractivity contribution < 1.29 is 4.74 Å². The first-order valence-electron chi connectivity index (χ1n) is 11.4. The predicted molar refractivity (Wildman–Crippen MR) is 126 cm³/mol. The molecular formula is C23H37N5OS. The molecule has 2 atom stereocenters. The van der Waals surface area contributed by atoms with E-state index in [0.717, 1.165) is 63.4 Å². The van der Waals surface area contributed by atoms with Crippen LogP contribution in [0.4, 0.5) is 5.82 Å². The second kappa shape index (κ2) is 9.47. The molecule has 2 aromatic rings. The molecule has 2 aromatic heterocycles. The Kier molecular flexibility index (Phi) is 6.92. The number of thiophene rings is 1. The maximum Gasteiger partial charge on any atom is 0.146 e. The lowest BCUT2D eigenvalue weighted by atomic mass is 9.89. The van der Waals surface area contributed by atoms with E-state index in [0.29, 0.717) is 12.0 Å². The number of morpholine rings is 1. The van der Waals surface area contributed by atoms with Crippen molar-refractivity contribution >= 4 is 27.4 Å². The highest BCUT2D eigenvalue weighted by Crippen LogP contribution is 2.40. The number of nitrogens with one attached hydrogen (secondary N) is 1. The van der Waals surface area contributed by atoms with Gasteiger partial charge in [-0.3, -0.25) is 4.90 Å². The lowest BCUT2D eigenvalue weighted by Gasteiger charge is -2.29. The molecule has 1 aliphatic heterocycles. The number of rotatable bonds is 7. The number of nitrogens with zero attached hydrogens (tertiary/aromatic N) is 4. The lowest BCUT2D eigenvalue weighted by molar-refractivity contribution is 0.0331. The lowest BCUT2D eigenvalue weighted by Crippen LogP contribution is -2.39. The molecule has 0 spiro atoms. The van der Waals surface area contributed by atoms with Crippen molar-refractivity contribution in [1.29, 1.82) is 0 Å². The topological polar surface area (TPSA) is 53.5 Å². The van der Waals surface area contributed by atoms with Gasteiger partial charge in [-0.2, -0.15) is 0 Å². The molecule has 0 unspecified atom stereocenters. The second-order valence-electron chi connectivity index (χ2n) is 9.56. The van der Waals surface area contributed by atoms with Gasteiger partial charge in [0.25, 0.3) is 0 Å². The molecule has 4 rings (SSSR count). The van der Waals surface area contributed by atoms with Gasteiger partial charge in [-0.1, -0.05) is 20.8 Å². The van der Waals surface area contributed by atoms with E-state index in [4.69, 9.17) is 14.7 Å². The van der Waals surface area contributed by atoms with Gasteiger partial charge in [0, 0.05) is 30.6 Å². The summed E-state index contributed by atoms with van der Waals surface area (Å²) in [4.78, 5) is 17.5. The van der Waals surface area contributed by atoms with Gasteiger partial charge in [0.05, 0.1) is 25.1 Å². The maximum atomic E-state index is 5.51. The Morgan fingerprint density at radius 2 is 2.00 bits per heavy atom. The summed E-state index contributed by atoms with van der Waals surface area (Å²) in [6, 6.07) is 0.465. The monoisotopic (exact) mass is 431 g/mol. The number of fused-ring (bicyclic) bond motifs is 3. The third kappa shape index (κ3) is 4.79. The van der Waals surface area contributed by atoms with Gasteiger partial charge in [0.15, 0.2) is 0 Å². The van der Waals surface area contributed by atoms with Crippen molar-refractivity contribution in [3.05, 3.63) is 16.3 Å². The van der Waals surface area contributed by atoms with E-state index in [2.05, 4.69) is 50.0 Å². The Morgan fingerprint density at radius 1 is 1.23 bits per heavy atom. The molecule has 0 bridgehead atoms. The van der Waals surface area contributed by atoms with Crippen LogP contribution in [-0.4, -0.2) is 72.8 Å². The van der Waals surface area contributed by atoms with Crippen molar-refractivity contribution in [3.8, 4) is 0 Å². The van der Waals surface area contributed by atoms with Crippen molar-refractivity contribution in [3.63, 3.8) is 0 Å². The molecule has 2 aliphatic rings. The largest absolute Gasteiger partial charge is 0.379 e. The predicted octanol–water partition coefficient (Wildman–Crippen LogP) is 3.65. The average Bonchev–Trinajstić information content (AvgIpc) is 3.05. The van der Waals surface area contributed by atoms with E-state index in [1.165, 1.54) is 33.5 Å². The maximum absolute atomic E-state index is 5.51. The summed E-state index contributed by atoms with van der Waals surface area (Å²) in [7, 11) is 4.33.